The Hall–Kier alpha value is -3.34. The molecule has 2 aromatic heterocycles. The van der Waals surface area contributed by atoms with Crippen molar-refractivity contribution in [3.05, 3.63) is 77.1 Å². The number of hydrogen-bond acceptors (Lipinski definition) is 8. The smallest absolute Gasteiger partial charge is 0.260 e. The number of hydrogen-bond donors (Lipinski definition) is 0. The van der Waals surface area contributed by atoms with Gasteiger partial charge in [0.15, 0.2) is 6.61 Å². The summed E-state index contributed by atoms with van der Waals surface area (Å²) < 4.78 is 38.5. The third-order valence-electron chi connectivity index (χ3n) is 5.71. The summed E-state index contributed by atoms with van der Waals surface area (Å²) in [6, 6.07) is 18.7. The normalized spacial score (nSPS) is 14.1. The lowest BCUT2D eigenvalue weighted by Gasteiger charge is -2.34. The molecule has 1 saturated heterocycles. The predicted octanol–water partition coefficient (Wildman–Crippen LogP) is 4.62. The van der Waals surface area contributed by atoms with Crippen LogP contribution in [0.25, 0.3) is 10.8 Å². The number of carbonyl (C=O) groups is 1. The van der Waals surface area contributed by atoms with Gasteiger partial charge in [0.05, 0.1) is 9.77 Å². The van der Waals surface area contributed by atoms with E-state index in [-0.39, 0.29) is 34.2 Å². The van der Waals surface area contributed by atoms with E-state index >= 15 is 0 Å². The second-order valence-corrected chi connectivity index (χ2v) is 11.3. The zero-order valence-corrected chi connectivity index (χ0v) is 21.4. The largest absolute Gasteiger partial charge is 0.484 e. The summed E-state index contributed by atoms with van der Waals surface area (Å²) in [7, 11) is -3.91. The van der Waals surface area contributed by atoms with Gasteiger partial charge >= 0.3 is 0 Å². The number of sulfone groups is 1. The van der Waals surface area contributed by atoms with E-state index in [2.05, 4.69) is 4.98 Å². The van der Waals surface area contributed by atoms with Crippen molar-refractivity contribution in [1.82, 2.24) is 9.88 Å². The molecule has 186 valence electrons. The minimum atomic E-state index is -3.91. The van der Waals surface area contributed by atoms with E-state index in [1.165, 1.54) is 23.5 Å². The molecular weight excluding hydrogens is 522 g/mol. The van der Waals surface area contributed by atoms with E-state index in [0.29, 0.717) is 37.0 Å². The number of anilines is 1. The van der Waals surface area contributed by atoms with E-state index in [1.54, 1.807) is 47.4 Å². The Morgan fingerprint density at radius 3 is 2.39 bits per heavy atom. The lowest BCUT2D eigenvalue weighted by atomic mass is 10.3. The minimum Gasteiger partial charge on any atom is -0.484 e. The average Bonchev–Trinajstić information content (AvgIpc) is 3.60. The van der Waals surface area contributed by atoms with Gasteiger partial charge in [0.2, 0.25) is 26.6 Å². The van der Waals surface area contributed by atoms with Gasteiger partial charge in [-0.3, -0.25) is 4.79 Å². The van der Waals surface area contributed by atoms with Gasteiger partial charge in [-0.1, -0.05) is 35.9 Å². The maximum Gasteiger partial charge on any atom is 0.260 e. The summed E-state index contributed by atoms with van der Waals surface area (Å²) >= 11 is 7.30. The molecule has 0 unspecified atom stereocenters. The van der Waals surface area contributed by atoms with Crippen molar-refractivity contribution in [3.63, 3.8) is 0 Å². The predicted molar refractivity (Wildman–Crippen MR) is 137 cm³/mol. The first-order chi connectivity index (χ1) is 17.4. The van der Waals surface area contributed by atoms with Gasteiger partial charge in [-0.2, -0.15) is 4.98 Å². The second-order valence-electron chi connectivity index (χ2n) is 8.03. The summed E-state index contributed by atoms with van der Waals surface area (Å²) in [4.78, 5) is 21.5. The quantitative estimate of drug-likeness (QED) is 0.336. The van der Waals surface area contributed by atoms with Gasteiger partial charge in [-0.15, -0.1) is 11.3 Å². The molecular formula is C25H22ClN3O5S2. The minimum absolute atomic E-state index is 0.0971. The monoisotopic (exact) mass is 543 g/mol. The van der Waals surface area contributed by atoms with Crippen LogP contribution in [0.2, 0.25) is 5.02 Å². The van der Waals surface area contributed by atoms with E-state index in [9.17, 15) is 13.2 Å². The summed E-state index contributed by atoms with van der Waals surface area (Å²) in [5.74, 6) is 0.847. The van der Waals surface area contributed by atoms with Crippen molar-refractivity contribution in [1.29, 1.82) is 0 Å². The summed E-state index contributed by atoms with van der Waals surface area (Å²) in [6.07, 6.45) is 0. The van der Waals surface area contributed by atoms with Crippen molar-refractivity contribution in [2.45, 2.75) is 9.92 Å². The Bertz CT molecular complexity index is 1430. The molecule has 0 bridgehead atoms. The van der Waals surface area contributed by atoms with Crippen LogP contribution >= 0.6 is 22.9 Å². The molecule has 0 saturated carbocycles. The van der Waals surface area contributed by atoms with Gasteiger partial charge in [-0.25, -0.2) is 8.42 Å². The van der Waals surface area contributed by atoms with Crippen LogP contribution in [-0.4, -0.2) is 57.0 Å². The molecule has 2 aromatic carbocycles. The van der Waals surface area contributed by atoms with Crippen molar-refractivity contribution in [2.24, 2.45) is 0 Å². The first-order valence-electron chi connectivity index (χ1n) is 11.2. The highest BCUT2D eigenvalue weighted by Gasteiger charge is 2.33. The third kappa shape index (κ3) is 5.11. The number of benzene rings is 2. The number of halogens is 1. The number of piperazine rings is 1. The van der Waals surface area contributed by atoms with Gasteiger partial charge in [-0.05, 0) is 47.8 Å². The fourth-order valence-corrected chi connectivity index (χ4v) is 5.93. The molecule has 5 rings (SSSR count). The Balaban J connectivity index is 1.33. The molecule has 8 nitrogen and oxygen atoms in total. The molecule has 3 heterocycles. The lowest BCUT2D eigenvalue weighted by Crippen LogP contribution is -2.50. The summed E-state index contributed by atoms with van der Waals surface area (Å²) in [6.45, 7) is 1.47. The van der Waals surface area contributed by atoms with Crippen molar-refractivity contribution in [3.8, 4) is 16.5 Å². The number of carbonyl (C=O) groups excluding carboxylic acids is 1. The van der Waals surface area contributed by atoms with E-state index in [4.69, 9.17) is 20.8 Å². The van der Waals surface area contributed by atoms with Crippen LogP contribution in [0.5, 0.6) is 5.75 Å². The molecule has 36 heavy (non-hydrogen) atoms. The number of oxazole rings is 1. The van der Waals surface area contributed by atoms with E-state index < -0.39 is 9.84 Å². The Kier molecular flexibility index (Phi) is 6.99. The van der Waals surface area contributed by atoms with Crippen LogP contribution in [0.3, 0.4) is 0 Å². The first kappa shape index (κ1) is 24.4. The van der Waals surface area contributed by atoms with E-state index in [0.717, 1.165) is 4.88 Å². The van der Waals surface area contributed by atoms with Gasteiger partial charge in [0.25, 0.3) is 5.91 Å². The fraction of sp³-hybridized carbons (Fsp3) is 0.200. The van der Waals surface area contributed by atoms with Crippen LogP contribution in [0.4, 0.5) is 5.88 Å². The van der Waals surface area contributed by atoms with Crippen LogP contribution in [-0.2, 0) is 14.6 Å². The van der Waals surface area contributed by atoms with Gasteiger partial charge < -0.3 is 19.0 Å². The summed E-state index contributed by atoms with van der Waals surface area (Å²) in [5.41, 5.74) is 0. The third-order valence-corrected chi connectivity index (χ3v) is 8.49. The molecule has 0 atom stereocenters. The molecule has 0 N–H and O–H groups in total. The number of ether oxygens (including phenoxy) is 1. The van der Waals surface area contributed by atoms with Crippen molar-refractivity contribution in [2.75, 3.05) is 37.7 Å². The summed E-state index contributed by atoms with van der Waals surface area (Å²) in [5, 5.41) is 2.34. The maximum atomic E-state index is 13.5. The van der Waals surface area contributed by atoms with Crippen LogP contribution < -0.4 is 9.64 Å². The Morgan fingerprint density at radius 1 is 1.00 bits per heavy atom. The number of nitrogens with zero attached hydrogens (tertiary/aromatic N) is 3. The Morgan fingerprint density at radius 2 is 1.72 bits per heavy atom. The lowest BCUT2D eigenvalue weighted by molar-refractivity contribution is -0.133. The highest BCUT2D eigenvalue weighted by molar-refractivity contribution is 7.91. The molecule has 1 aliphatic rings. The van der Waals surface area contributed by atoms with Crippen LogP contribution in [0, 0.1) is 0 Å². The zero-order chi connectivity index (χ0) is 25.1. The van der Waals surface area contributed by atoms with Crippen molar-refractivity contribution < 1.29 is 22.4 Å². The molecule has 0 spiro atoms. The maximum absolute atomic E-state index is 13.5. The molecule has 11 heteroatoms. The topological polar surface area (TPSA) is 92.9 Å². The Labute approximate surface area is 217 Å². The molecule has 1 fully saturated rings. The van der Waals surface area contributed by atoms with Crippen LogP contribution in [0.15, 0.2) is 86.4 Å². The number of rotatable bonds is 7. The average molecular weight is 544 g/mol. The SMILES string of the molecule is O=C(COc1ccc(Cl)cc1)N1CCN(c2oc(-c3cccs3)nc2S(=O)(=O)c2ccccc2)CC1. The van der Waals surface area contributed by atoms with Gasteiger partial charge in [0.1, 0.15) is 5.75 Å². The highest BCUT2D eigenvalue weighted by Crippen LogP contribution is 2.36. The zero-order valence-electron chi connectivity index (χ0n) is 19.0. The standard InChI is InChI=1S/C25H22ClN3O5S2/c26-18-8-10-19(11-9-18)33-17-22(30)28-12-14-29(15-13-28)25-24(27-23(34-25)21-7-4-16-35-21)36(31,32)20-5-2-1-3-6-20/h1-11,16H,12-15,17H2. The molecule has 4 aromatic rings. The molecule has 0 radical (unpaired) electrons. The number of thiophene rings is 1. The van der Waals surface area contributed by atoms with E-state index in [1.807, 2.05) is 22.4 Å². The molecule has 0 aliphatic carbocycles. The molecule has 1 aliphatic heterocycles. The fourth-order valence-electron chi connectivity index (χ4n) is 3.82. The molecule has 1 amide bonds. The highest BCUT2D eigenvalue weighted by atomic mass is 35.5. The van der Waals surface area contributed by atoms with Crippen LogP contribution in [0.1, 0.15) is 0 Å². The number of amides is 1. The second kappa shape index (κ2) is 10.3. The van der Waals surface area contributed by atoms with Gasteiger partial charge in [0, 0.05) is 31.2 Å². The first-order valence-corrected chi connectivity index (χ1v) is 13.9. The van der Waals surface area contributed by atoms with Crippen molar-refractivity contribution >= 4 is 44.6 Å². The number of aromatic nitrogens is 1.